The van der Waals surface area contributed by atoms with Crippen molar-refractivity contribution in [2.75, 3.05) is 19.5 Å². The van der Waals surface area contributed by atoms with E-state index in [1.165, 1.54) is 0 Å². The molecule has 0 aliphatic heterocycles. The Morgan fingerprint density at radius 3 is 2.75 bits per heavy atom. The highest BCUT2D eigenvalue weighted by Crippen LogP contribution is 2.16. The van der Waals surface area contributed by atoms with Gasteiger partial charge in [0.15, 0.2) is 0 Å². The molecule has 1 rings (SSSR count). The maximum Gasteiger partial charge on any atom is 0.270 e. The van der Waals surface area contributed by atoms with Gasteiger partial charge in [-0.05, 0) is 13.3 Å². The molecule has 0 spiro atoms. The fourth-order valence-corrected chi connectivity index (χ4v) is 3.08. The third kappa shape index (κ3) is 3.67. The zero-order valence-corrected chi connectivity index (χ0v) is 10.6. The minimum atomic E-state index is -3.61. The van der Waals surface area contributed by atoms with Gasteiger partial charge in [-0.2, -0.15) is 0 Å². The van der Waals surface area contributed by atoms with Gasteiger partial charge in [-0.15, -0.1) is 10.2 Å². The largest absolute Gasteiger partial charge is 0.385 e. The average molecular weight is 266 g/mol. The summed E-state index contributed by atoms with van der Waals surface area (Å²) in [5.74, 6) is 0. The van der Waals surface area contributed by atoms with Gasteiger partial charge in [0, 0.05) is 19.8 Å². The molecule has 16 heavy (non-hydrogen) atoms. The van der Waals surface area contributed by atoms with Crippen LogP contribution in [0.1, 0.15) is 13.3 Å². The van der Waals surface area contributed by atoms with Crippen LogP contribution in [0.3, 0.4) is 0 Å². The van der Waals surface area contributed by atoms with Gasteiger partial charge < -0.3 is 10.5 Å². The topological polar surface area (TPSA) is 107 Å². The van der Waals surface area contributed by atoms with Crippen LogP contribution in [0.2, 0.25) is 0 Å². The Labute approximate surface area is 98.1 Å². The highest BCUT2D eigenvalue weighted by molar-refractivity contribution is 7.91. The number of hydrogen-bond acceptors (Lipinski definition) is 7. The highest BCUT2D eigenvalue weighted by atomic mass is 32.2. The molecule has 0 amide bonds. The van der Waals surface area contributed by atoms with Crippen molar-refractivity contribution in [1.29, 1.82) is 0 Å². The van der Waals surface area contributed by atoms with E-state index in [2.05, 4.69) is 14.9 Å². The quantitative estimate of drug-likeness (QED) is 0.740. The van der Waals surface area contributed by atoms with Gasteiger partial charge in [-0.1, -0.05) is 11.3 Å². The van der Waals surface area contributed by atoms with E-state index in [1.54, 1.807) is 14.0 Å². The summed E-state index contributed by atoms with van der Waals surface area (Å²) in [6.07, 6.45) is 0.587. The minimum Gasteiger partial charge on any atom is -0.385 e. The molecule has 3 N–H and O–H groups in total. The smallest absolute Gasteiger partial charge is 0.270 e. The van der Waals surface area contributed by atoms with E-state index in [9.17, 15) is 8.42 Å². The molecule has 1 unspecified atom stereocenters. The van der Waals surface area contributed by atoms with E-state index in [1.807, 2.05) is 0 Å². The Morgan fingerprint density at radius 1 is 1.56 bits per heavy atom. The van der Waals surface area contributed by atoms with Gasteiger partial charge >= 0.3 is 0 Å². The summed E-state index contributed by atoms with van der Waals surface area (Å²) < 4.78 is 30.6. The van der Waals surface area contributed by atoms with Crippen molar-refractivity contribution in [3.05, 3.63) is 0 Å². The molecule has 0 bridgehead atoms. The molecule has 1 aromatic rings. The Hall–Kier alpha value is -0.770. The van der Waals surface area contributed by atoms with E-state index in [-0.39, 0.29) is 15.5 Å². The second kappa shape index (κ2) is 5.53. The number of hydrogen-bond donors (Lipinski definition) is 2. The SMILES string of the molecule is COCCC(C)NS(=O)(=O)c1nnc(N)s1. The first-order valence-corrected chi connectivity index (χ1v) is 6.86. The fraction of sp³-hybridized carbons (Fsp3) is 0.714. The monoisotopic (exact) mass is 266 g/mol. The lowest BCUT2D eigenvalue weighted by Gasteiger charge is -2.11. The molecule has 92 valence electrons. The van der Waals surface area contributed by atoms with Gasteiger partial charge in [0.2, 0.25) is 9.47 Å². The predicted molar refractivity (Wildman–Crippen MR) is 60.6 cm³/mol. The number of ether oxygens (including phenoxy) is 1. The van der Waals surface area contributed by atoms with Crippen LogP contribution in [-0.4, -0.2) is 38.4 Å². The lowest BCUT2D eigenvalue weighted by Crippen LogP contribution is -2.33. The number of aromatic nitrogens is 2. The molecule has 1 aromatic heterocycles. The van der Waals surface area contributed by atoms with Gasteiger partial charge in [0.05, 0.1) is 0 Å². The van der Waals surface area contributed by atoms with Crippen LogP contribution < -0.4 is 10.5 Å². The Bertz CT molecular complexity index is 431. The lowest BCUT2D eigenvalue weighted by atomic mass is 10.3. The van der Waals surface area contributed by atoms with Crippen LogP contribution >= 0.6 is 11.3 Å². The molecule has 7 nitrogen and oxygen atoms in total. The van der Waals surface area contributed by atoms with Gasteiger partial charge in [-0.3, -0.25) is 0 Å². The van der Waals surface area contributed by atoms with Crippen LogP contribution in [0.25, 0.3) is 0 Å². The molecular weight excluding hydrogens is 252 g/mol. The predicted octanol–water partition coefficient (Wildman–Crippen LogP) is -0.176. The molecule has 1 heterocycles. The van der Waals surface area contributed by atoms with E-state index >= 15 is 0 Å². The normalized spacial score (nSPS) is 13.9. The average Bonchev–Trinajstić information content (AvgIpc) is 2.62. The lowest BCUT2D eigenvalue weighted by molar-refractivity contribution is 0.188. The number of nitrogens with two attached hydrogens (primary N) is 1. The maximum absolute atomic E-state index is 11.7. The third-order valence-electron chi connectivity index (χ3n) is 1.76. The van der Waals surface area contributed by atoms with Crippen LogP contribution in [0.4, 0.5) is 5.13 Å². The van der Waals surface area contributed by atoms with Crippen molar-refractivity contribution in [3.63, 3.8) is 0 Å². The van der Waals surface area contributed by atoms with Crippen LogP contribution in [-0.2, 0) is 14.8 Å². The number of nitrogen functional groups attached to an aromatic ring is 1. The second-order valence-corrected chi connectivity index (χ2v) is 6.11. The number of sulfonamides is 1. The zero-order chi connectivity index (χ0) is 12.2. The first-order chi connectivity index (χ1) is 7.45. The van der Waals surface area contributed by atoms with Crippen LogP contribution in [0.15, 0.2) is 4.34 Å². The molecule has 0 saturated carbocycles. The third-order valence-corrected chi connectivity index (χ3v) is 4.47. The standard InChI is InChI=1S/C7H14N4O3S2/c1-5(3-4-14-2)11-16(12,13)7-10-9-6(8)15-7/h5,11H,3-4H2,1-2H3,(H2,8,9). The Kier molecular flexibility index (Phi) is 4.59. The highest BCUT2D eigenvalue weighted by Gasteiger charge is 2.21. The second-order valence-electron chi connectivity index (χ2n) is 3.21. The minimum absolute atomic E-state index is 0.116. The molecule has 1 atom stereocenters. The van der Waals surface area contributed by atoms with Gasteiger partial charge in [-0.25, -0.2) is 13.1 Å². The first-order valence-electron chi connectivity index (χ1n) is 4.56. The van der Waals surface area contributed by atoms with Gasteiger partial charge in [0.1, 0.15) is 0 Å². The summed E-state index contributed by atoms with van der Waals surface area (Å²) in [6.45, 7) is 2.24. The van der Waals surface area contributed by atoms with Crippen LogP contribution in [0.5, 0.6) is 0 Å². The summed E-state index contributed by atoms with van der Waals surface area (Å²) in [5, 5.41) is 7.07. The summed E-state index contributed by atoms with van der Waals surface area (Å²) in [5.41, 5.74) is 5.32. The molecule has 0 fully saturated rings. The summed E-state index contributed by atoms with van der Waals surface area (Å²) in [7, 11) is -2.05. The summed E-state index contributed by atoms with van der Waals surface area (Å²) in [4.78, 5) is 0. The molecule has 0 radical (unpaired) electrons. The van der Waals surface area contributed by atoms with Crippen molar-refractivity contribution in [3.8, 4) is 0 Å². The van der Waals surface area contributed by atoms with Crippen molar-refractivity contribution in [1.82, 2.24) is 14.9 Å². The molecule has 0 aliphatic carbocycles. The molecular formula is C7H14N4O3S2. The van der Waals surface area contributed by atoms with Crippen molar-refractivity contribution in [2.24, 2.45) is 0 Å². The number of rotatable bonds is 6. The number of nitrogens with one attached hydrogen (secondary N) is 1. The van der Waals surface area contributed by atoms with Crippen molar-refractivity contribution < 1.29 is 13.2 Å². The fourth-order valence-electron chi connectivity index (χ4n) is 0.998. The number of nitrogens with zero attached hydrogens (tertiary/aromatic N) is 2. The van der Waals surface area contributed by atoms with Crippen molar-refractivity contribution >= 4 is 26.5 Å². The molecule has 9 heteroatoms. The van der Waals surface area contributed by atoms with Crippen molar-refractivity contribution in [2.45, 2.75) is 23.7 Å². The zero-order valence-electron chi connectivity index (χ0n) is 9.00. The van der Waals surface area contributed by atoms with E-state index < -0.39 is 10.0 Å². The number of methoxy groups -OCH3 is 1. The molecule has 0 aliphatic rings. The summed E-state index contributed by atoms with van der Waals surface area (Å²) >= 11 is 0.834. The van der Waals surface area contributed by atoms with Crippen LogP contribution in [0, 0.1) is 0 Å². The summed E-state index contributed by atoms with van der Waals surface area (Å²) in [6, 6.07) is -0.227. The Balaban J connectivity index is 2.65. The Morgan fingerprint density at radius 2 is 2.25 bits per heavy atom. The molecule has 0 saturated heterocycles. The van der Waals surface area contributed by atoms with E-state index in [0.29, 0.717) is 13.0 Å². The molecule has 0 aromatic carbocycles. The van der Waals surface area contributed by atoms with E-state index in [4.69, 9.17) is 10.5 Å². The van der Waals surface area contributed by atoms with Gasteiger partial charge in [0.25, 0.3) is 10.0 Å². The van der Waals surface area contributed by atoms with E-state index in [0.717, 1.165) is 11.3 Å². The maximum atomic E-state index is 11.7. The number of anilines is 1. The first kappa shape index (κ1) is 13.3.